The predicted octanol–water partition coefficient (Wildman–Crippen LogP) is 1.77. The van der Waals surface area contributed by atoms with Crippen LogP contribution in [-0.4, -0.2) is 11.6 Å². The largest absolute Gasteiger partial charge is 0.497 e. The van der Waals surface area contributed by atoms with Gasteiger partial charge in [-0.1, -0.05) is 13.3 Å². The molecular weight excluding hydrogens is 138 g/mol. The minimum absolute atomic E-state index is 0.0278. The van der Waals surface area contributed by atoms with Crippen LogP contribution in [0, 0.1) is 0 Å². The molecule has 0 atom stereocenters. The molecule has 1 aliphatic carbocycles. The number of carbonyl (C=O) groups excluding carboxylic acids is 1. The molecule has 1 fully saturated rings. The summed E-state index contributed by atoms with van der Waals surface area (Å²) in [6.45, 7) is 2.10. The van der Waals surface area contributed by atoms with E-state index < -0.39 is 0 Å². The highest BCUT2D eigenvalue weighted by Crippen LogP contribution is 2.30. The zero-order valence-electron chi connectivity index (χ0n) is 7.10. The summed E-state index contributed by atoms with van der Waals surface area (Å²) in [6.07, 6.45) is 8.60. The summed E-state index contributed by atoms with van der Waals surface area (Å²) in [5.74, 6) is 0. The number of hydrogen-bond acceptors (Lipinski definition) is 2. The molecule has 1 rings (SSSR count). The van der Waals surface area contributed by atoms with Crippen LogP contribution in [0.2, 0.25) is 0 Å². The zero-order chi connectivity index (χ0) is 8.16. The second-order valence-electron chi connectivity index (χ2n) is 3.34. The SMILES string of the molecule is CCC1([N+]=C=O)CCCCC1. The fourth-order valence-corrected chi connectivity index (χ4v) is 1.85. The van der Waals surface area contributed by atoms with Crippen molar-refractivity contribution in [2.75, 3.05) is 0 Å². The summed E-state index contributed by atoms with van der Waals surface area (Å²) < 4.78 is 0. The molecule has 11 heavy (non-hydrogen) atoms. The molecule has 0 aromatic rings. The average Bonchev–Trinajstić information content (AvgIpc) is 2.07. The number of nitrogens with zero attached hydrogens (tertiary/aromatic N) is 1. The third kappa shape index (κ3) is 1.90. The van der Waals surface area contributed by atoms with E-state index in [1.165, 1.54) is 19.3 Å². The van der Waals surface area contributed by atoms with Crippen molar-refractivity contribution in [3.8, 4) is 0 Å². The first-order valence-electron chi connectivity index (χ1n) is 4.42. The van der Waals surface area contributed by atoms with Crippen molar-refractivity contribution in [1.29, 1.82) is 0 Å². The standard InChI is InChI=1S/C9H15NO/c1-2-9(10-8-11)6-4-3-5-7-9/h2-7H2,1H3/q+1. The van der Waals surface area contributed by atoms with Crippen LogP contribution in [0.3, 0.4) is 0 Å². The topological polar surface area (TPSA) is 31.2 Å². The first kappa shape index (κ1) is 8.48. The third-order valence-corrected chi connectivity index (χ3v) is 2.73. The van der Waals surface area contributed by atoms with Gasteiger partial charge in [-0.2, -0.15) is 4.79 Å². The number of hydrogen-bond donors (Lipinski definition) is 0. The Balaban J connectivity index is 2.64. The van der Waals surface area contributed by atoms with Gasteiger partial charge < -0.3 is 0 Å². The number of rotatable bonds is 2. The van der Waals surface area contributed by atoms with E-state index in [4.69, 9.17) is 0 Å². The van der Waals surface area contributed by atoms with Gasteiger partial charge in [0, 0.05) is 19.3 Å². The van der Waals surface area contributed by atoms with E-state index in [1.807, 2.05) is 0 Å². The third-order valence-electron chi connectivity index (χ3n) is 2.73. The lowest BCUT2D eigenvalue weighted by molar-refractivity contribution is 0.264. The maximum absolute atomic E-state index is 10.1. The highest BCUT2D eigenvalue weighted by Gasteiger charge is 2.40. The van der Waals surface area contributed by atoms with Crippen molar-refractivity contribution in [1.82, 2.24) is 4.99 Å². The molecular formula is C9H15NO+. The van der Waals surface area contributed by atoms with Crippen LogP contribution in [0.4, 0.5) is 0 Å². The van der Waals surface area contributed by atoms with Crippen LogP contribution in [-0.2, 0) is 4.79 Å². The van der Waals surface area contributed by atoms with Crippen molar-refractivity contribution in [2.45, 2.75) is 51.0 Å². The van der Waals surface area contributed by atoms with Gasteiger partial charge in [0.05, 0.1) is 0 Å². The average molecular weight is 153 g/mol. The van der Waals surface area contributed by atoms with Crippen LogP contribution < -0.4 is 4.99 Å². The molecule has 0 unspecified atom stereocenters. The molecule has 0 aliphatic heterocycles. The first-order chi connectivity index (χ1) is 5.33. The molecule has 1 saturated carbocycles. The van der Waals surface area contributed by atoms with Crippen LogP contribution in [0.1, 0.15) is 45.4 Å². The summed E-state index contributed by atoms with van der Waals surface area (Å²) in [5, 5.41) is 0. The fraction of sp³-hybridized carbons (Fsp3) is 0.889. The highest BCUT2D eigenvalue weighted by atomic mass is 16.1. The molecule has 2 nitrogen and oxygen atoms in total. The Hall–Kier alpha value is -0.620. The lowest BCUT2D eigenvalue weighted by Gasteiger charge is -2.21. The molecule has 1 radical (unpaired) electrons. The Morgan fingerprint density at radius 2 is 2.00 bits per heavy atom. The Kier molecular flexibility index (Phi) is 2.84. The smallest absolute Gasteiger partial charge is 0.154 e. The summed E-state index contributed by atoms with van der Waals surface area (Å²) in [7, 11) is 0. The highest BCUT2D eigenvalue weighted by molar-refractivity contribution is 5.32. The first-order valence-corrected chi connectivity index (χ1v) is 4.42. The van der Waals surface area contributed by atoms with Crippen LogP contribution in [0.25, 0.3) is 0 Å². The van der Waals surface area contributed by atoms with Gasteiger partial charge in [0.1, 0.15) is 4.99 Å². The molecule has 61 valence electrons. The van der Waals surface area contributed by atoms with Gasteiger partial charge in [-0.05, 0) is 12.8 Å². The Morgan fingerprint density at radius 1 is 1.36 bits per heavy atom. The Labute approximate surface area is 67.7 Å². The molecule has 2 heteroatoms. The summed E-state index contributed by atoms with van der Waals surface area (Å²) >= 11 is 0. The molecule has 0 amide bonds. The van der Waals surface area contributed by atoms with Crippen LogP contribution >= 0.6 is 0 Å². The van der Waals surface area contributed by atoms with Crippen molar-refractivity contribution in [3.05, 3.63) is 0 Å². The molecule has 0 saturated heterocycles. The van der Waals surface area contributed by atoms with E-state index >= 15 is 0 Å². The molecule has 0 spiro atoms. The summed E-state index contributed by atoms with van der Waals surface area (Å²) in [4.78, 5) is 14.1. The van der Waals surface area contributed by atoms with Crippen molar-refractivity contribution < 1.29 is 4.79 Å². The molecule has 1 aliphatic rings. The minimum atomic E-state index is -0.0278. The van der Waals surface area contributed by atoms with Gasteiger partial charge >= 0.3 is 6.08 Å². The van der Waals surface area contributed by atoms with E-state index in [2.05, 4.69) is 11.9 Å². The quantitative estimate of drug-likeness (QED) is 0.439. The van der Waals surface area contributed by atoms with Crippen molar-refractivity contribution in [2.24, 2.45) is 0 Å². The van der Waals surface area contributed by atoms with Crippen LogP contribution in [0.15, 0.2) is 0 Å². The lowest BCUT2D eigenvalue weighted by atomic mass is 9.80. The second-order valence-corrected chi connectivity index (χ2v) is 3.34. The molecule has 0 heterocycles. The number of isocyanates is 1. The van der Waals surface area contributed by atoms with Gasteiger partial charge in [-0.15, -0.1) is 0 Å². The van der Waals surface area contributed by atoms with Gasteiger partial charge in [0.2, 0.25) is 5.54 Å². The maximum Gasteiger partial charge on any atom is 0.497 e. The van der Waals surface area contributed by atoms with Crippen LogP contribution in [0.5, 0.6) is 0 Å². The summed E-state index contributed by atoms with van der Waals surface area (Å²) in [6, 6.07) is 0. The maximum atomic E-state index is 10.1. The monoisotopic (exact) mass is 153 g/mol. The van der Waals surface area contributed by atoms with E-state index in [-0.39, 0.29) is 5.54 Å². The Morgan fingerprint density at radius 3 is 2.45 bits per heavy atom. The minimum Gasteiger partial charge on any atom is -0.154 e. The molecule has 0 N–H and O–H groups in total. The molecule has 0 bridgehead atoms. The second kappa shape index (κ2) is 3.68. The van der Waals surface area contributed by atoms with E-state index in [9.17, 15) is 4.79 Å². The van der Waals surface area contributed by atoms with Crippen molar-refractivity contribution >= 4 is 6.08 Å². The predicted molar refractivity (Wildman–Crippen MR) is 43.9 cm³/mol. The lowest BCUT2D eigenvalue weighted by Crippen LogP contribution is -2.35. The van der Waals surface area contributed by atoms with E-state index in [1.54, 1.807) is 6.08 Å². The fourth-order valence-electron chi connectivity index (χ4n) is 1.85. The normalized spacial score (nSPS) is 22.3. The number of aliphatic imine (C=N–C) groups is 1. The van der Waals surface area contributed by atoms with Gasteiger partial charge in [-0.25, -0.2) is 0 Å². The Bertz CT molecular complexity index is 164. The zero-order valence-corrected chi connectivity index (χ0v) is 7.10. The van der Waals surface area contributed by atoms with Gasteiger partial charge in [0.25, 0.3) is 0 Å². The van der Waals surface area contributed by atoms with E-state index in [0.29, 0.717) is 0 Å². The van der Waals surface area contributed by atoms with Gasteiger partial charge in [0.15, 0.2) is 0 Å². The van der Waals surface area contributed by atoms with Crippen molar-refractivity contribution in [3.63, 3.8) is 0 Å². The molecule has 0 aromatic carbocycles. The van der Waals surface area contributed by atoms with E-state index in [0.717, 1.165) is 19.3 Å². The van der Waals surface area contributed by atoms with Gasteiger partial charge in [-0.3, -0.25) is 0 Å². The molecule has 0 aromatic heterocycles. The summed E-state index contributed by atoms with van der Waals surface area (Å²) in [5.41, 5.74) is -0.0278.